The molecule has 0 saturated heterocycles. The predicted octanol–water partition coefficient (Wildman–Crippen LogP) is 9.43. The summed E-state index contributed by atoms with van der Waals surface area (Å²) in [6.45, 7) is 0.525. The highest BCUT2D eigenvalue weighted by atomic mass is 16.5. The topological polar surface area (TPSA) is 52.6 Å². The van der Waals surface area contributed by atoms with Crippen LogP contribution in [0.15, 0.2) is 109 Å². The Morgan fingerprint density at radius 2 is 0.738 bits per heavy atom. The van der Waals surface area contributed by atoms with E-state index in [2.05, 4.69) is 60.7 Å². The van der Waals surface area contributed by atoms with E-state index in [1.807, 2.05) is 48.5 Å². The Morgan fingerprint density at radius 3 is 1.07 bits per heavy atom. The molecule has 0 aliphatic heterocycles. The zero-order valence-corrected chi connectivity index (χ0v) is 23.7. The van der Waals surface area contributed by atoms with Gasteiger partial charge in [0, 0.05) is 24.0 Å². The third-order valence-electron chi connectivity index (χ3n) is 8.03. The number of fused-ring (bicyclic) bond motifs is 4. The summed E-state index contributed by atoms with van der Waals surface area (Å²) in [6, 6.07) is 37.2. The number of carbonyl (C=O) groups excluding carboxylic acids is 2. The van der Waals surface area contributed by atoms with Crippen LogP contribution in [0.4, 0.5) is 0 Å². The fourth-order valence-corrected chi connectivity index (χ4v) is 5.87. The van der Waals surface area contributed by atoms with Crippen molar-refractivity contribution < 1.29 is 19.1 Å². The van der Waals surface area contributed by atoms with Crippen LogP contribution in [0.3, 0.4) is 0 Å². The van der Waals surface area contributed by atoms with Crippen LogP contribution in [0.5, 0.6) is 0 Å². The van der Waals surface area contributed by atoms with Crippen LogP contribution in [0.25, 0.3) is 43.1 Å². The minimum Gasteiger partial charge on any atom is -0.461 e. The van der Waals surface area contributed by atoms with E-state index in [1.54, 1.807) is 0 Å². The van der Waals surface area contributed by atoms with Crippen molar-refractivity contribution in [2.75, 3.05) is 0 Å². The van der Waals surface area contributed by atoms with Crippen LogP contribution in [0.2, 0.25) is 0 Å². The summed E-state index contributed by atoms with van der Waals surface area (Å²) in [5, 5.41) is 9.04. The summed E-state index contributed by atoms with van der Waals surface area (Å²) in [5.74, 6) is -0.373. The summed E-state index contributed by atoms with van der Waals surface area (Å²) < 4.78 is 11.4. The number of rotatable bonds is 11. The molecular formula is C38H34O4. The van der Waals surface area contributed by atoms with E-state index in [0.29, 0.717) is 12.8 Å². The molecule has 0 saturated carbocycles. The Kier molecular flexibility index (Phi) is 8.41. The third kappa shape index (κ3) is 6.13. The summed E-state index contributed by atoms with van der Waals surface area (Å²) in [5.41, 5.74) is 2.10. The van der Waals surface area contributed by atoms with E-state index < -0.39 is 0 Å². The molecule has 0 aliphatic carbocycles. The van der Waals surface area contributed by atoms with Gasteiger partial charge in [-0.2, -0.15) is 0 Å². The molecular weight excluding hydrogens is 520 g/mol. The van der Waals surface area contributed by atoms with Gasteiger partial charge in [-0.15, -0.1) is 0 Å². The van der Waals surface area contributed by atoms with Gasteiger partial charge in [-0.3, -0.25) is 9.59 Å². The average molecular weight is 555 g/mol. The number of ether oxygens (including phenoxy) is 2. The van der Waals surface area contributed by atoms with Gasteiger partial charge in [-0.05, 0) is 68.1 Å². The van der Waals surface area contributed by atoms with Gasteiger partial charge in [0.05, 0.1) is 0 Å². The number of benzene rings is 6. The Hall–Kier alpha value is -4.70. The molecule has 210 valence electrons. The second-order valence-electron chi connectivity index (χ2n) is 10.8. The molecule has 6 rings (SSSR count). The molecule has 0 N–H and O–H groups in total. The standard InChI is InChI=1S/C38H34O4/c39-37(41-25-35-31-17-9-5-13-27(31)23-28-14-6-10-18-32(28)35)21-3-1-2-4-22-38(40)42-26-36-33-19-11-7-15-29(33)24-30-16-8-12-20-34(30)36/h5-20,23-24H,1-4,21-22,25-26H2. The molecule has 0 fully saturated rings. The Balaban J connectivity index is 0.945. The van der Waals surface area contributed by atoms with Crippen molar-refractivity contribution >= 4 is 55.0 Å². The van der Waals surface area contributed by atoms with Crippen LogP contribution in [-0.2, 0) is 32.3 Å². The minimum atomic E-state index is -0.186. The molecule has 0 amide bonds. The molecule has 42 heavy (non-hydrogen) atoms. The molecule has 0 unspecified atom stereocenters. The normalized spacial score (nSPS) is 11.3. The first-order chi connectivity index (χ1) is 20.7. The summed E-state index contributed by atoms with van der Waals surface area (Å²) >= 11 is 0. The van der Waals surface area contributed by atoms with Gasteiger partial charge in [0.15, 0.2) is 0 Å². The van der Waals surface area contributed by atoms with E-state index >= 15 is 0 Å². The van der Waals surface area contributed by atoms with Crippen molar-refractivity contribution in [3.8, 4) is 0 Å². The lowest BCUT2D eigenvalue weighted by Gasteiger charge is -2.12. The van der Waals surface area contributed by atoms with Crippen LogP contribution in [0, 0.1) is 0 Å². The second kappa shape index (κ2) is 12.9. The Bertz CT molecular complexity index is 1640. The highest BCUT2D eigenvalue weighted by Crippen LogP contribution is 2.30. The van der Waals surface area contributed by atoms with Gasteiger partial charge in [0.1, 0.15) is 13.2 Å². The monoisotopic (exact) mass is 554 g/mol. The lowest BCUT2D eigenvalue weighted by Crippen LogP contribution is -2.06. The smallest absolute Gasteiger partial charge is 0.306 e. The van der Waals surface area contributed by atoms with Gasteiger partial charge >= 0.3 is 11.9 Å². The highest BCUT2D eigenvalue weighted by molar-refractivity contribution is 6.03. The Labute approximate surface area is 245 Å². The fraction of sp³-hybridized carbons (Fsp3) is 0.211. The van der Waals surface area contributed by atoms with Gasteiger partial charge in [0.25, 0.3) is 0 Å². The van der Waals surface area contributed by atoms with Crippen molar-refractivity contribution in [2.24, 2.45) is 0 Å². The molecule has 0 heterocycles. The van der Waals surface area contributed by atoms with Gasteiger partial charge in [-0.1, -0.05) is 110 Å². The number of esters is 2. The summed E-state index contributed by atoms with van der Waals surface area (Å²) in [6.07, 6.45) is 3.97. The van der Waals surface area contributed by atoms with E-state index in [0.717, 1.165) is 79.9 Å². The van der Waals surface area contributed by atoms with Crippen LogP contribution in [-0.4, -0.2) is 11.9 Å². The first kappa shape index (κ1) is 27.5. The molecule has 0 aliphatic rings. The molecule has 6 aromatic rings. The number of hydrogen-bond acceptors (Lipinski definition) is 4. The quantitative estimate of drug-likeness (QED) is 0.0909. The number of hydrogen-bond donors (Lipinski definition) is 0. The van der Waals surface area contributed by atoms with Crippen molar-refractivity contribution in [1.29, 1.82) is 0 Å². The van der Waals surface area contributed by atoms with Crippen molar-refractivity contribution in [2.45, 2.75) is 51.7 Å². The minimum absolute atomic E-state index is 0.186. The molecule has 0 aromatic heterocycles. The molecule has 4 heteroatoms. The summed E-state index contributed by atoms with van der Waals surface area (Å²) in [7, 11) is 0. The molecule has 4 nitrogen and oxygen atoms in total. The van der Waals surface area contributed by atoms with Crippen molar-refractivity contribution in [1.82, 2.24) is 0 Å². The van der Waals surface area contributed by atoms with Gasteiger partial charge in [-0.25, -0.2) is 0 Å². The second-order valence-corrected chi connectivity index (χ2v) is 10.8. The number of carbonyl (C=O) groups is 2. The number of unbranched alkanes of at least 4 members (excludes halogenated alkanes) is 3. The fourth-order valence-electron chi connectivity index (χ4n) is 5.87. The maximum absolute atomic E-state index is 12.5. The SMILES string of the molecule is O=C(CCCCCCC(=O)OCc1c2ccccc2cc2ccccc12)OCc1c2ccccc2cc2ccccc12. The molecule has 0 spiro atoms. The predicted molar refractivity (Wildman–Crippen MR) is 170 cm³/mol. The van der Waals surface area contributed by atoms with Crippen molar-refractivity contribution in [3.05, 3.63) is 120 Å². The zero-order valence-electron chi connectivity index (χ0n) is 23.7. The molecule has 0 bridgehead atoms. The van der Waals surface area contributed by atoms with Gasteiger partial charge < -0.3 is 9.47 Å². The van der Waals surface area contributed by atoms with E-state index in [4.69, 9.17) is 9.47 Å². The Morgan fingerprint density at radius 1 is 0.429 bits per heavy atom. The lowest BCUT2D eigenvalue weighted by molar-refractivity contribution is -0.146. The molecule has 6 aromatic carbocycles. The highest BCUT2D eigenvalue weighted by Gasteiger charge is 2.12. The average Bonchev–Trinajstić information content (AvgIpc) is 3.02. The maximum Gasteiger partial charge on any atom is 0.306 e. The zero-order chi connectivity index (χ0) is 28.7. The lowest BCUT2D eigenvalue weighted by atomic mass is 9.97. The largest absolute Gasteiger partial charge is 0.461 e. The van der Waals surface area contributed by atoms with Gasteiger partial charge in [0.2, 0.25) is 0 Å². The third-order valence-corrected chi connectivity index (χ3v) is 8.03. The van der Waals surface area contributed by atoms with E-state index in [-0.39, 0.29) is 25.2 Å². The first-order valence-corrected chi connectivity index (χ1v) is 14.8. The molecule has 0 radical (unpaired) electrons. The first-order valence-electron chi connectivity index (χ1n) is 14.8. The van der Waals surface area contributed by atoms with Crippen LogP contribution >= 0.6 is 0 Å². The van der Waals surface area contributed by atoms with Crippen LogP contribution in [0.1, 0.15) is 49.7 Å². The van der Waals surface area contributed by atoms with Crippen LogP contribution < -0.4 is 0 Å². The molecule has 0 atom stereocenters. The summed E-state index contributed by atoms with van der Waals surface area (Å²) in [4.78, 5) is 25.1. The van der Waals surface area contributed by atoms with E-state index in [1.165, 1.54) is 0 Å². The van der Waals surface area contributed by atoms with E-state index in [9.17, 15) is 9.59 Å². The maximum atomic E-state index is 12.5. The van der Waals surface area contributed by atoms with Crippen molar-refractivity contribution in [3.63, 3.8) is 0 Å².